The summed E-state index contributed by atoms with van der Waals surface area (Å²) in [4.78, 5) is 19.8. The second-order valence-corrected chi connectivity index (χ2v) is 4.88. The second-order valence-electron chi connectivity index (χ2n) is 4.88. The van der Waals surface area contributed by atoms with E-state index in [0.29, 0.717) is 0 Å². The highest BCUT2D eigenvalue weighted by atomic mass is 16.1. The third kappa shape index (κ3) is 2.95. The maximum absolute atomic E-state index is 12.1. The van der Waals surface area contributed by atoms with E-state index >= 15 is 0 Å². The molecule has 1 amide bonds. The van der Waals surface area contributed by atoms with Gasteiger partial charge in [0.1, 0.15) is 5.82 Å². The molecule has 1 unspecified atom stereocenters. The van der Waals surface area contributed by atoms with Crippen LogP contribution in [0.4, 0.5) is 0 Å². The highest BCUT2D eigenvalue weighted by Crippen LogP contribution is 2.16. The molecule has 1 atom stereocenters. The monoisotopic (exact) mass is 259 g/mol. The Morgan fingerprint density at radius 2 is 2.00 bits per heavy atom. The van der Waals surface area contributed by atoms with Crippen LogP contribution in [0.25, 0.3) is 11.0 Å². The lowest BCUT2D eigenvalue weighted by atomic mass is 10.0. The SMILES string of the molecule is CCC(CC)C(=O)NC(C)c1nc2ccccc2[nH]1. The summed E-state index contributed by atoms with van der Waals surface area (Å²) >= 11 is 0. The van der Waals surface area contributed by atoms with Crippen molar-refractivity contribution >= 4 is 16.9 Å². The largest absolute Gasteiger partial charge is 0.346 e. The highest BCUT2D eigenvalue weighted by molar-refractivity contribution is 5.79. The minimum atomic E-state index is -0.0968. The molecule has 4 heteroatoms. The van der Waals surface area contributed by atoms with Crippen LogP contribution >= 0.6 is 0 Å². The number of rotatable bonds is 5. The number of nitrogens with zero attached hydrogens (tertiary/aromatic N) is 1. The van der Waals surface area contributed by atoms with E-state index in [1.165, 1.54) is 0 Å². The van der Waals surface area contributed by atoms with Gasteiger partial charge in [0, 0.05) is 5.92 Å². The van der Waals surface area contributed by atoms with Gasteiger partial charge in [0.15, 0.2) is 0 Å². The Kier molecular flexibility index (Phi) is 4.20. The van der Waals surface area contributed by atoms with E-state index in [1.54, 1.807) is 0 Å². The lowest BCUT2D eigenvalue weighted by Gasteiger charge is -2.16. The fourth-order valence-corrected chi connectivity index (χ4v) is 2.24. The van der Waals surface area contributed by atoms with Crippen molar-refractivity contribution < 1.29 is 4.79 Å². The van der Waals surface area contributed by atoms with Crippen LogP contribution in [0, 0.1) is 5.92 Å². The van der Waals surface area contributed by atoms with E-state index in [-0.39, 0.29) is 17.9 Å². The molecule has 0 saturated heterocycles. The Morgan fingerprint density at radius 3 is 2.63 bits per heavy atom. The molecular formula is C15H21N3O. The first-order chi connectivity index (χ1) is 9.15. The summed E-state index contributed by atoms with van der Waals surface area (Å²) in [5.74, 6) is 1.00. The summed E-state index contributed by atoms with van der Waals surface area (Å²) in [7, 11) is 0. The van der Waals surface area contributed by atoms with E-state index in [0.717, 1.165) is 29.7 Å². The van der Waals surface area contributed by atoms with Gasteiger partial charge in [-0.1, -0.05) is 26.0 Å². The molecule has 0 saturated carbocycles. The number of carbonyl (C=O) groups excluding carboxylic acids is 1. The average molecular weight is 259 g/mol. The average Bonchev–Trinajstić information content (AvgIpc) is 2.84. The first-order valence-electron chi connectivity index (χ1n) is 6.90. The number of para-hydroxylation sites is 2. The number of imidazole rings is 1. The van der Waals surface area contributed by atoms with Gasteiger partial charge < -0.3 is 10.3 Å². The minimum Gasteiger partial charge on any atom is -0.346 e. The molecule has 19 heavy (non-hydrogen) atoms. The number of amides is 1. The van der Waals surface area contributed by atoms with Crippen LogP contribution in [0.15, 0.2) is 24.3 Å². The zero-order valence-corrected chi connectivity index (χ0v) is 11.7. The van der Waals surface area contributed by atoms with Crippen molar-refractivity contribution in [1.82, 2.24) is 15.3 Å². The lowest BCUT2D eigenvalue weighted by molar-refractivity contribution is -0.125. The molecule has 4 nitrogen and oxygen atoms in total. The summed E-state index contributed by atoms with van der Waals surface area (Å²) < 4.78 is 0. The first kappa shape index (κ1) is 13.6. The van der Waals surface area contributed by atoms with E-state index in [1.807, 2.05) is 45.0 Å². The third-order valence-electron chi connectivity index (χ3n) is 3.53. The van der Waals surface area contributed by atoms with E-state index in [2.05, 4.69) is 15.3 Å². The van der Waals surface area contributed by atoms with Crippen molar-refractivity contribution in [3.63, 3.8) is 0 Å². The van der Waals surface area contributed by atoms with Crippen molar-refractivity contribution in [2.75, 3.05) is 0 Å². The number of nitrogens with one attached hydrogen (secondary N) is 2. The minimum absolute atomic E-state index is 0.0897. The number of carbonyl (C=O) groups is 1. The van der Waals surface area contributed by atoms with Gasteiger partial charge >= 0.3 is 0 Å². The molecule has 1 heterocycles. The third-order valence-corrected chi connectivity index (χ3v) is 3.53. The topological polar surface area (TPSA) is 57.8 Å². The zero-order valence-electron chi connectivity index (χ0n) is 11.7. The van der Waals surface area contributed by atoms with Crippen LogP contribution < -0.4 is 5.32 Å². The molecule has 0 spiro atoms. The molecule has 0 fully saturated rings. The Morgan fingerprint density at radius 1 is 1.32 bits per heavy atom. The molecule has 0 radical (unpaired) electrons. The van der Waals surface area contributed by atoms with Crippen LogP contribution in [0.3, 0.4) is 0 Å². The maximum Gasteiger partial charge on any atom is 0.223 e. The molecule has 2 N–H and O–H groups in total. The predicted octanol–water partition coefficient (Wildman–Crippen LogP) is 3.18. The lowest BCUT2D eigenvalue weighted by Crippen LogP contribution is -2.32. The molecule has 0 bridgehead atoms. The smallest absolute Gasteiger partial charge is 0.223 e. The number of hydrogen-bond acceptors (Lipinski definition) is 2. The fourth-order valence-electron chi connectivity index (χ4n) is 2.24. The predicted molar refractivity (Wildman–Crippen MR) is 76.7 cm³/mol. The van der Waals surface area contributed by atoms with E-state index in [4.69, 9.17) is 0 Å². The van der Waals surface area contributed by atoms with Gasteiger partial charge in [-0.15, -0.1) is 0 Å². The van der Waals surface area contributed by atoms with Crippen molar-refractivity contribution in [3.8, 4) is 0 Å². The summed E-state index contributed by atoms with van der Waals surface area (Å²) in [5, 5.41) is 3.03. The van der Waals surface area contributed by atoms with Crippen molar-refractivity contribution in [3.05, 3.63) is 30.1 Å². The van der Waals surface area contributed by atoms with Crippen LogP contribution in [0.2, 0.25) is 0 Å². The molecule has 0 aliphatic carbocycles. The molecule has 102 valence electrons. The molecule has 0 aliphatic rings. The quantitative estimate of drug-likeness (QED) is 0.866. The summed E-state index contributed by atoms with van der Waals surface area (Å²) in [6, 6.07) is 7.78. The number of fused-ring (bicyclic) bond motifs is 1. The Hall–Kier alpha value is -1.84. The summed E-state index contributed by atoms with van der Waals surface area (Å²) in [5.41, 5.74) is 1.93. The van der Waals surface area contributed by atoms with E-state index < -0.39 is 0 Å². The van der Waals surface area contributed by atoms with Crippen molar-refractivity contribution in [2.45, 2.75) is 39.7 Å². The van der Waals surface area contributed by atoms with E-state index in [9.17, 15) is 4.79 Å². The molecular weight excluding hydrogens is 238 g/mol. The van der Waals surface area contributed by atoms with Crippen molar-refractivity contribution in [2.24, 2.45) is 5.92 Å². The van der Waals surface area contributed by atoms with Crippen LogP contribution in [-0.4, -0.2) is 15.9 Å². The number of aromatic amines is 1. The van der Waals surface area contributed by atoms with Gasteiger partial charge in [-0.25, -0.2) is 4.98 Å². The maximum atomic E-state index is 12.1. The molecule has 1 aromatic heterocycles. The molecule has 0 aliphatic heterocycles. The van der Waals surface area contributed by atoms with Gasteiger partial charge in [0.2, 0.25) is 5.91 Å². The highest BCUT2D eigenvalue weighted by Gasteiger charge is 2.18. The van der Waals surface area contributed by atoms with Crippen molar-refractivity contribution in [1.29, 1.82) is 0 Å². The molecule has 2 rings (SSSR count). The van der Waals surface area contributed by atoms with Gasteiger partial charge in [-0.2, -0.15) is 0 Å². The first-order valence-corrected chi connectivity index (χ1v) is 6.90. The normalized spacial score (nSPS) is 12.8. The number of benzene rings is 1. The number of H-pyrrole nitrogens is 1. The fraction of sp³-hybridized carbons (Fsp3) is 0.467. The molecule has 2 aromatic rings. The summed E-state index contributed by atoms with van der Waals surface area (Å²) in [6.07, 6.45) is 1.74. The number of aromatic nitrogens is 2. The van der Waals surface area contributed by atoms with Gasteiger partial charge in [0.25, 0.3) is 0 Å². The number of hydrogen-bond donors (Lipinski definition) is 2. The Labute approximate surface area is 113 Å². The zero-order chi connectivity index (χ0) is 13.8. The Balaban J connectivity index is 2.11. The molecule has 1 aromatic carbocycles. The Bertz CT molecular complexity index is 524. The van der Waals surface area contributed by atoms with Gasteiger partial charge in [-0.3, -0.25) is 4.79 Å². The van der Waals surface area contributed by atoms with Crippen LogP contribution in [-0.2, 0) is 4.79 Å². The van der Waals surface area contributed by atoms with Crippen LogP contribution in [0.1, 0.15) is 45.5 Å². The van der Waals surface area contributed by atoms with Gasteiger partial charge in [-0.05, 0) is 31.9 Å². The van der Waals surface area contributed by atoms with Gasteiger partial charge in [0.05, 0.1) is 17.1 Å². The standard InChI is InChI=1S/C15H21N3O/c1-4-11(5-2)15(19)16-10(3)14-17-12-8-6-7-9-13(12)18-14/h6-11H,4-5H2,1-3H3,(H,16,19)(H,17,18). The van der Waals surface area contributed by atoms with Crippen LogP contribution in [0.5, 0.6) is 0 Å². The summed E-state index contributed by atoms with van der Waals surface area (Å²) in [6.45, 7) is 6.04. The second kappa shape index (κ2) is 5.87.